The van der Waals surface area contributed by atoms with E-state index in [1.807, 2.05) is 0 Å². The molecule has 1 aromatic carbocycles. The van der Waals surface area contributed by atoms with Crippen LogP contribution in [0.15, 0.2) is 10.5 Å². The molecular weight excluding hydrogens is 530 g/mol. The summed E-state index contributed by atoms with van der Waals surface area (Å²) < 4.78 is 61.1. The quantitative estimate of drug-likeness (QED) is 0.221. The Bertz CT molecular complexity index is 1050. The van der Waals surface area contributed by atoms with Crippen molar-refractivity contribution in [1.82, 2.24) is 9.97 Å². The van der Waals surface area contributed by atoms with Crippen molar-refractivity contribution in [2.45, 2.75) is 76.5 Å². The summed E-state index contributed by atoms with van der Waals surface area (Å²) in [4.78, 5) is 9.75. The largest absolute Gasteiger partial charge is 0.417 e. The number of nitrogens with zero attached hydrogens (tertiary/aromatic N) is 3. The molecule has 0 saturated heterocycles. The van der Waals surface area contributed by atoms with Crippen LogP contribution in [-0.2, 0) is 10.6 Å². The third kappa shape index (κ3) is 4.65. The molecule has 32 heavy (non-hydrogen) atoms. The van der Waals surface area contributed by atoms with E-state index in [9.17, 15) is 17.6 Å². The molecule has 0 aliphatic heterocycles. The maximum atomic E-state index is 14.8. The summed E-state index contributed by atoms with van der Waals surface area (Å²) in [5.41, 5.74) is -1.71. The Balaban J connectivity index is 1.96. The molecule has 0 bridgehead atoms. The zero-order valence-corrected chi connectivity index (χ0v) is 22.4. The maximum absolute atomic E-state index is 14.8. The van der Waals surface area contributed by atoms with Crippen molar-refractivity contribution < 1.29 is 22.0 Å². The Hall–Kier alpha value is -0.973. The number of fused-ring (bicyclic) bond motifs is 1. The van der Waals surface area contributed by atoms with Gasteiger partial charge in [0.2, 0.25) is 5.28 Å². The Kier molecular flexibility index (Phi) is 6.46. The van der Waals surface area contributed by atoms with Gasteiger partial charge in [0.05, 0.1) is 15.6 Å². The summed E-state index contributed by atoms with van der Waals surface area (Å²) in [6.07, 6.45) is -3.40. The molecule has 1 aromatic heterocycles. The van der Waals surface area contributed by atoms with E-state index in [-0.39, 0.29) is 38.7 Å². The van der Waals surface area contributed by atoms with Gasteiger partial charge in [-0.25, -0.2) is 9.37 Å². The van der Waals surface area contributed by atoms with Gasteiger partial charge in [0.25, 0.3) is 0 Å². The molecular formula is C21H27BrClF4N3OSi. The summed E-state index contributed by atoms with van der Waals surface area (Å²) in [5, 5.41) is -0.212. The van der Waals surface area contributed by atoms with Crippen LogP contribution in [0.4, 0.5) is 23.4 Å². The highest BCUT2D eigenvalue weighted by atomic mass is 79.9. The van der Waals surface area contributed by atoms with Crippen LogP contribution in [0.3, 0.4) is 0 Å². The fourth-order valence-electron chi connectivity index (χ4n) is 3.87. The van der Waals surface area contributed by atoms with Gasteiger partial charge in [0.1, 0.15) is 11.3 Å². The van der Waals surface area contributed by atoms with Gasteiger partial charge in [-0.2, -0.15) is 18.2 Å². The number of alkyl halides is 3. The van der Waals surface area contributed by atoms with Crippen molar-refractivity contribution in [3.63, 3.8) is 0 Å². The first-order chi connectivity index (χ1) is 14.4. The van der Waals surface area contributed by atoms with Gasteiger partial charge < -0.3 is 9.33 Å². The van der Waals surface area contributed by atoms with Gasteiger partial charge in [0.15, 0.2) is 14.1 Å². The lowest BCUT2D eigenvalue weighted by Crippen LogP contribution is -2.59. The predicted molar refractivity (Wildman–Crippen MR) is 125 cm³/mol. The Morgan fingerprint density at radius 2 is 1.78 bits per heavy atom. The van der Waals surface area contributed by atoms with Gasteiger partial charge in [0, 0.05) is 18.5 Å². The molecule has 0 radical (unpaired) electrons. The lowest BCUT2D eigenvalue weighted by Gasteiger charge is -2.54. The molecule has 0 unspecified atom stereocenters. The minimum Gasteiger partial charge on any atom is -0.411 e. The summed E-state index contributed by atoms with van der Waals surface area (Å²) >= 11 is 8.72. The van der Waals surface area contributed by atoms with E-state index < -0.39 is 30.3 Å². The van der Waals surface area contributed by atoms with E-state index in [1.54, 1.807) is 11.9 Å². The highest BCUT2D eigenvalue weighted by Crippen LogP contribution is 2.48. The van der Waals surface area contributed by atoms with Crippen molar-refractivity contribution >= 4 is 52.6 Å². The number of aromatic nitrogens is 2. The summed E-state index contributed by atoms with van der Waals surface area (Å²) in [5.74, 6) is -0.954. The second kappa shape index (κ2) is 8.06. The lowest BCUT2D eigenvalue weighted by atomic mass is 9.76. The normalized spacial score (nSPS) is 22.2. The van der Waals surface area contributed by atoms with Gasteiger partial charge in [-0.1, -0.05) is 20.8 Å². The zero-order valence-electron chi connectivity index (χ0n) is 19.1. The molecule has 1 aliphatic carbocycles. The highest BCUT2D eigenvalue weighted by molar-refractivity contribution is 9.10. The van der Waals surface area contributed by atoms with Crippen LogP contribution in [0.1, 0.15) is 46.1 Å². The third-order valence-corrected chi connectivity index (χ3v) is 12.2. The Labute approximate surface area is 200 Å². The predicted octanol–water partition coefficient (Wildman–Crippen LogP) is 7.58. The molecule has 1 aliphatic rings. The molecule has 3 rings (SSSR count). The minimum absolute atomic E-state index is 0.0381. The minimum atomic E-state index is -4.74. The first-order valence-corrected chi connectivity index (χ1v) is 14.3. The van der Waals surface area contributed by atoms with Crippen molar-refractivity contribution in [2.75, 3.05) is 11.9 Å². The molecule has 1 saturated carbocycles. The molecule has 0 atom stereocenters. The van der Waals surface area contributed by atoms with Crippen molar-refractivity contribution in [2.24, 2.45) is 0 Å². The van der Waals surface area contributed by atoms with E-state index in [4.69, 9.17) is 16.0 Å². The molecule has 0 spiro atoms. The van der Waals surface area contributed by atoms with Gasteiger partial charge in [-0.15, -0.1) is 0 Å². The summed E-state index contributed by atoms with van der Waals surface area (Å²) in [7, 11) is -0.270. The summed E-state index contributed by atoms with van der Waals surface area (Å²) in [6.45, 7) is 12.9. The average Bonchev–Trinajstić information content (AvgIpc) is 2.59. The number of benzene rings is 1. The third-order valence-electron chi connectivity index (χ3n) is 6.65. The molecule has 1 fully saturated rings. The maximum Gasteiger partial charge on any atom is 0.417 e. The number of hydrogen-bond acceptors (Lipinski definition) is 4. The van der Waals surface area contributed by atoms with Gasteiger partial charge >= 0.3 is 6.18 Å². The fraction of sp³-hybridized carbons (Fsp3) is 0.619. The van der Waals surface area contributed by atoms with E-state index in [1.165, 1.54) is 0 Å². The van der Waals surface area contributed by atoms with Crippen LogP contribution in [0.25, 0.3) is 10.9 Å². The topological polar surface area (TPSA) is 38.2 Å². The second-order valence-corrected chi connectivity index (χ2v) is 16.1. The standard InChI is InChI=1S/C21H27BrClF4N3OSi/c1-19(2,3)32(6,7)31-20(4)9-11(10-20)30(5)17-12-8-13(21(25,26)27)14(22)15(24)16(12)28-18(23)29-17/h8,11H,9-10H2,1-7H3. The molecule has 11 heteroatoms. The number of hydrogen-bond donors (Lipinski definition) is 0. The van der Waals surface area contributed by atoms with Crippen LogP contribution in [0.5, 0.6) is 0 Å². The number of halogens is 6. The molecule has 1 heterocycles. The molecule has 0 N–H and O–H groups in total. The molecule has 2 aromatic rings. The Morgan fingerprint density at radius 1 is 1.22 bits per heavy atom. The first-order valence-electron chi connectivity index (χ1n) is 10.2. The number of rotatable bonds is 4. The van der Waals surface area contributed by atoms with Gasteiger partial charge in [-0.3, -0.25) is 0 Å². The van der Waals surface area contributed by atoms with E-state index in [2.05, 4.69) is 66.7 Å². The zero-order chi connectivity index (χ0) is 24.4. The smallest absolute Gasteiger partial charge is 0.411 e. The monoisotopic (exact) mass is 555 g/mol. The van der Waals surface area contributed by atoms with E-state index in [0.717, 1.165) is 6.07 Å². The molecule has 0 amide bonds. The van der Waals surface area contributed by atoms with Crippen LogP contribution in [-0.4, -0.2) is 37.0 Å². The van der Waals surface area contributed by atoms with Gasteiger partial charge in [-0.05, 0) is 71.5 Å². The fourth-order valence-corrected chi connectivity index (χ4v) is 6.27. The van der Waals surface area contributed by atoms with Crippen molar-refractivity contribution in [3.8, 4) is 0 Å². The van der Waals surface area contributed by atoms with E-state index in [0.29, 0.717) is 12.8 Å². The SMILES string of the molecule is CN(c1nc(Cl)nc2c(F)c(Br)c(C(F)(F)F)cc12)C1CC(C)(O[Si](C)(C)C(C)(C)C)C1. The van der Waals surface area contributed by atoms with Crippen LogP contribution in [0.2, 0.25) is 23.4 Å². The molecule has 178 valence electrons. The van der Waals surface area contributed by atoms with Crippen LogP contribution in [0, 0.1) is 5.82 Å². The van der Waals surface area contributed by atoms with E-state index >= 15 is 0 Å². The first kappa shape index (κ1) is 25.6. The molecule has 4 nitrogen and oxygen atoms in total. The van der Waals surface area contributed by atoms with Crippen molar-refractivity contribution in [1.29, 1.82) is 0 Å². The van der Waals surface area contributed by atoms with Crippen LogP contribution >= 0.6 is 27.5 Å². The van der Waals surface area contributed by atoms with Crippen LogP contribution < -0.4 is 4.90 Å². The number of anilines is 1. The lowest BCUT2D eigenvalue weighted by molar-refractivity contribution is -0.138. The second-order valence-electron chi connectivity index (χ2n) is 10.2. The average molecular weight is 557 g/mol. The summed E-state index contributed by atoms with van der Waals surface area (Å²) in [6, 6.07) is 0.828. The Morgan fingerprint density at radius 3 is 2.28 bits per heavy atom. The van der Waals surface area contributed by atoms with Crippen molar-refractivity contribution in [3.05, 3.63) is 27.2 Å². The highest BCUT2D eigenvalue weighted by Gasteiger charge is 2.50.